The molecule has 0 spiro atoms. The summed E-state index contributed by atoms with van der Waals surface area (Å²) in [6.07, 6.45) is -4.01. The number of benzene rings is 1. The Morgan fingerprint density at radius 2 is 1.88 bits per heavy atom. The van der Waals surface area contributed by atoms with Crippen LogP contribution in [0.15, 0.2) is 30.5 Å². The summed E-state index contributed by atoms with van der Waals surface area (Å²) in [5.41, 5.74) is -0.274. The highest BCUT2D eigenvalue weighted by Gasteiger charge is 2.43. The predicted molar refractivity (Wildman–Crippen MR) is 78.4 cm³/mol. The van der Waals surface area contributed by atoms with Gasteiger partial charge in [-0.2, -0.15) is 17.9 Å². The summed E-state index contributed by atoms with van der Waals surface area (Å²) in [5.74, 6) is -1.78. The minimum Gasteiger partial charge on any atom is -0.497 e. The molecule has 0 bridgehead atoms. The molecule has 0 unspecified atom stereocenters. The summed E-state index contributed by atoms with van der Waals surface area (Å²) >= 11 is 0. The van der Waals surface area contributed by atoms with E-state index in [0.717, 1.165) is 10.9 Å². The van der Waals surface area contributed by atoms with Gasteiger partial charge in [0.05, 0.1) is 18.4 Å². The Labute approximate surface area is 135 Å². The first kappa shape index (κ1) is 17.4. The fourth-order valence-electron chi connectivity index (χ4n) is 1.88. The molecule has 0 amide bonds. The summed E-state index contributed by atoms with van der Waals surface area (Å²) in [6, 6.07) is 6.32. The molecule has 0 N–H and O–H groups in total. The molecule has 128 valence electrons. The number of tetrazole rings is 1. The number of nitrogens with zero attached hydrogens (tertiary/aromatic N) is 5. The monoisotopic (exact) mass is 341 g/mol. The Hall–Kier alpha value is -2.91. The van der Waals surface area contributed by atoms with Crippen molar-refractivity contribution in [2.75, 3.05) is 21.2 Å². The van der Waals surface area contributed by atoms with Gasteiger partial charge in [0.15, 0.2) is 5.82 Å². The predicted octanol–water partition coefficient (Wildman–Crippen LogP) is 1.70. The third-order valence-corrected chi connectivity index (χ3v) is 2.92. The van der Waals surface area contributed by atoms with Crippen molar-refractivity contribution in [3.8, 4) is 11.4 Å². The summed E-state index contributed by atoms with van der Waals surface area (Å²) in [6.45, 7) is 0. The Kier molecular flexibility index (Phi) is 4.86. The van der Waals surface area contributed by atoms with Crippen LogP contribution in [0.2, 0.25) is 0 Å². The number of rotatable bonds is 5. The average Bonchev–Trinajstić information content (AvgIpc) is 3.00. The lowest BCUT2D eigenvalue weighted by Gasteiger charge is -2.13. The zero-order chi connectivity index (χ0) is 17.9. The molecule has 0 atom stereocenters. The second kappa shape index (κ2) is 6.69. The maximum absolute atomic E-state index is 12.9. The largest absolute Gasteiger partial charge is 0.497 e. The molecule has 0 radical (unpaired) electrons. The number of carbonyl (C=O) groups excluding carboxylic acids is 1. The molecule has 0 aliphatic heterocycles. The van der Waals surface area contributed by atoms with Crippen molar-refractivity contribution < 1.29 is 22.7 Å². The number of allylic oxidation sites excluding steroid dienone is 1. The van der Waals surface area contributed by atoms with Gasteiger partial charge in [-0.15, -0.1) is 5.10 Å². The SMILES string of the molecule is COc1ccc(-n2nnnc2/C(=C/N(C)C)C(=O)C(F)(F)F)cc1. The standard InChI is InChI=1S/C14H14F3N5O2/c1-21(2)8-11(12(23)14(15,16)17)13-18-19-20-22(13)9-4-6-10(24-3)7-5-9/h4-8H,1-3H3/b11-8+. The van der Waals surface area contributed by atoms with Gasteiger partial charge in [-0.1, -0.05) is 0 Å². The number of ketones is 1. The van der Waals surface area contributed by atoms with Crippen LogP contribution in [0.3, 0.4) is 0 Å². The third kappa shape index (κ3) is 3.70. The van der Waals surface area contributed by atoms with Crippen LogP contribution in [-0.2, 0) is 4.79 Å². The highest BCUT2D eigenvalue weighted by Crippen LogP contribution is 2.27. The molecule has 2 aromatic rings. The van der Waals surface area contributed by atoms with Gasteiger partial charge in [0, 0.05) is 20.3 Å². The molecule has 0 fully saturated rings. The molecule has 0 saturated heterocycles. The van der Waals surface area contributed by atoms with Gasteiger partial charge in [-0.3, -0.25) is 4.79 Å². The van der Waals surface area contributed by atoms with Crippen LogP contribution in [0.4, 0.5) is 13.2 Å². The van der Waals surface area contributed by atoms with Crippen molar-refractivity contribution in [1.29, 1.82) is 0 Å². The number of ether oxygens (including phenoxy) is 1. The van der Waals surface area contributed by atoms with Gasteiger partial charge < -0.3 is 9.64 Å². The Balaban J connectivity index is 2.53. The average molecular weight is 341 g/mol. The highest BCUT2D eigenvalue weighted by molar-refractivity contribution is 6.22. The summed E-state index contributed by atoms with van der Waals surface area (Å²) in [5, 5.41) is 10.6. The number of hydrogen-bond acceptors (Lipinski definition) is 6. The molecule has 1 heterocycles. The van der Waals surface area contributed by atoms with E-state index in [1.165, 1.54) is 26.1 Å². The summed E-state index contributed by atoms with van der Waals surface area (Å²) in [4.78, 5) is 13.0. The van der Waals surface area contributed by atoms with Crippen LogP contribution in [0.1, 0.15) is 5.82 Å². The van der Waals surface area contributed by atoms with E-state index in [2.05, 4.69) is 15.5 Å². The molecule has 24 heavy (non-hydrogen) atoms. The third-order valence-electron chi connectivity index (χ3n) is 2.92. The number of Topliss-reactive ketones (excluding diaryl/α,β-unsaturated/α-hetero) is 1. The zero-order valence-electron chi connectivity index (χ0n) is 13.1. The van der Waals surface area contributed by atoms with E-state index in [-0.39, 0.29) is 5.82 Å². The number of hydrogen-bond donors (Lipinski definition) is 0. The van der Waals surface area contributed by atoms with Crippen molar-refractivity contribution in [1.82, 2.24) is 25.1 Å². The quantitative estimate of drug-likeness (QED) is 0.771. The first-order valence-electron chi connectivity index (χ1n) is 6.67. The van der Waals surface area contributed by atoms with Crippen LogP contribution in [0, 0.1) is 0 Å². The fraction of sp³-hybridized carbons (Fsp3) is 0.286. The minimum absolute atomic E-state index is 0.309. The Morgan fingerprint density at radius 1 is 1.25 bits per heavy atom. The zero-order valence-corrected chi connectivity index (χ0v) is 13.1. The summed E-state index contributed by atoms with van der Waals surface area (Å²) in [7, 11) is 4.47. The van der Waals surface area contributed by atoms with Crippen LogP contribution in [0.25, 0.3) is 11.3 Å². The molecular weight excluding hydrogens is 327 g/mol. The molecule has 2 rings (SSSR count). The van der Waals surface area contributed by atoms with Crippen LogP contribution < -0.4 is 4.74 Å². The van der Waals surface area contributed by atoms with E-state index < -0.39 is 17.5 Å². The number of carbonyl (C=O) groups is 1. The second-order valence-corrected chi connectivity index (χ2v) is 4.95. The van der Waals surface area contributed by atoms with Crippen LogP contribution >= 0.6 is 0 Å². The number of alkyl halides is 3. The second-order valence-electron chi connectivity index (χ2n) is 4.95. The van der Waals surface area contributed by atoms with E-state index >= 15 is 0 Å². The van der Waals surface area contributed by atoms with Gasteiger partial charge >= 0.3 is 6.18 Å². The van der Waals surface area contributed by atoms with Gasteiger partial charge in [-0.25, -0.2) is 0 Å². The minimum atomic E-state index is -5.04. The normalized spacial score (nSPS) is 12.2. The molecule has 1 aromatic carbocycles. The lowest BCUT2D eigenvalue weighted by molar-refractivity contribution is -0.164. The number of aromatic nitrogens is 4. The number of methoxy groups -OCH3 is 1. The molecule has 0 saturated carbocycles. The van der Waals surface area contributed by atoms with Crippen LogP contribution in [-0.4, -0.2) is 58.3 Å². The van der Waals surface area contributed by atoms with E-state index in [0.29, 0.717) is 11.4 Å². The lowest BCUT2D eigenvalue weighted by Crippen LogP contribution is -2.26. The Morgan fingerprint density at radius 3 is 2.38 bits per heavy atom. The molecule has 1 aromatic heterocycles. The van der Waals surface area contributed by atoms with Gasteiger partial charge in [-0.05, 0) is 34.7 Å². The van der Waals surface area contributed by atoms with Crippen molar-refractivity contribution in [2.24, 2.45) is 0 Å². The topological polar surface area (TPSA) is 73.1 Å². The van der Waals surface area contributed by atoms with Crippen LogP contribution in [0.5, 0.6) is 5.75 Å². The number of halogens is 3. The molecule has 10 heteroatoms. The van der Waals surface area contributed by atoms with E-state index in [1.54, 1.807) is 24.3 Å². The van der Waals surface area contributed by atoms with E-state index in [4.69, 9.17) is 4.74 Å². The maximum Gasteiger partial charge on any atom is 0.455 e. The maximum atomic E-state index is 12.9. The Bertz CT molecular complexity index is 751. The smallest absolute Gasteiger partial charge is 0.455 e. The summed E-state index contributed by atoms with van der Waals surface area (Å²) < 4.78 is 44.7. The first-order chi connectivity index (χ1) is 11.2. The van der Waals surface area contributed by atoms with E-state index in [9.17, 15) is 18.0 Å². The van der Waals surface area contributed by atoms with Gasteiger partial charge in [0.2, 0.25) is 0 Å². The molecule has 0 aliphatic rings. The van der Waals surface area contributed by atoms with Crippen molar-refractivity contribution in [2.45, 2.75) is 6.18 Å². The van der Waals surface area contributed by atoms with Crippen molar-refractivity contribution >= 4 is 11.4 Å². The lowest BCUT2D eigenvalue weighted by atomic mass is 10.1. The van der Waals surface area contributed by atoms with Gasteiger partial charge in [0.1, 0.15) is 5.75 Å². The van der Waals surface area contributed by atoms with Crippen molar-refractivity contribution in [3.63, 3.8) is 0 Å². The first-order valence-corrected chi connectivity index (χ1v) is 6.67. The molecule has 7 nitrogen and oxygen atoms in total. The van der Waals surface area contributed by atoms with E-state index in [1.807, 2.05) is 0 Å². The van der Waals surface area contributed by atoms with Crippen molar-refractivity contribution in [3.05, 3.63) is 36.3 Å². The fourth-order valence-corrected chi connectivity index (χ4v) is 1.88. The molecular formula is C14H14F3N5O2. The van der Waals surface area contributed by atoms with Gasteiger partial charge in [0.25, 0.3) is 5.78 Å². The highest BCUT2D eigenvalue weighted by atomic mass is 19.4. The molecule has 0 aliphatic carbocycles.